The third kappa shape index (κ3) is 4.09. The van der Waals surface area contributed by atoms with Crippen molar-refractivity contribution in [2.24, 2.45) is 0 Å². The number of hydrogen-bond donors (Lipinski definition) is 1. The van der Waals surface area contributed by atoms with Gasteiger partial charge in [0.1, 0.15) is 17.1 Å². The molecule has 3 aromatic rings. The van der Waals surface area contributed by atoms with Crippen LogP contribution in [0.15, 0.2) is 48.7 Å². The van der Waals surface area contributed by atoms with Gasteiger partial charge in [-0.25, -0.2) is 4.98 Å². The van der Waals surface area contributed by atoms with Crippen LogP contribution in [0.2, 0.25) is 0 Å². The van der Waals surface area contributed by atoms with Crippen molar-refractivity contribution in [3.8, 4) is 11.5 Å². The van der Waals surface area contributed by atoms with E-state index in [0.29, 0.717) is 18.9 Å². The maximum absolute atomic E-state index is 12.0. The Morgan fingerprint density at radius 2 is 1.84 bits per heavy atom. The Kier molecular flexibility index (Phi) is 5.18. The second-order valence-corrected chi connectivity index (χ2v) is 5.54. The van der Waals surface area contributed by atoms with Gasteiger partial charge < -0.3 is 19.2 Å². The van der Waals surface area contributed by atoms with Crippen molar-refractivity contribution >= 4 is 11.6 Å². The molecule has 1 aromatic carbocycles. The molecule has 6 nitrogen and oxygen atoms in total. The molecule has 2 aromatic heterocycles. The summed E-state index contributed by atoms with van der Waals surface area (Å²) < 4.78 is 12.8. The van der Waals surface area contributed by atoms with Crippen LogP contribution in [0.1, 0.15) is 18.3 Å². The first-order chi connectivity index (χ1) is 12.2. The highest BCUT2D eigenvalue weighted by Gasteiger charge is 2.10. The van der Waals surface area contributed by atoms with E-state index in [2.05, 4.69) is 10.3 Å². The molecule has 0 radical (unpaired) electrons. The lowest BCUT2D eigenvalue weighted by Crippen LogP contribution is -2.29. The van der Waals surface area contributed by atoms with Crippen LogP contribution < -0.4 is 14.8 Å². The Hall–Kier alpha value is -3.02. The van der Waals surface area contributed by atoms with E-state index in [0.717, 1.165) is 22.8 Å². The number of imidazole rings is 1. The van der Waals surface area contributed by atoms with Gasteiger partial charge in [0.2, 0.25) is 0 Å². The van der Waals surface area contributed by atoms with Crippen LogP contribution in [-0.4, -0.2) is 28.5 Å². The highest BCUT2D eigenvalue weighted by atomic mass is 16.5. The number of aryl methyl sites for hydroxylation is 1. The Labute approximate surface area is 146 Å². The predicted molar refractivity (Wildman–Crippen MR) is 94.9 cm³/mol. The number of aromatic nitrogens is 2. The third-order valence-corrected chi connectivity index (χ3v) is 3.79. The molecule has 1 amide bonds. The molecule has 130 valence electrons. The number of benzene rings is 1. The number of carbonyl (C=O) groups excluding carboxylic acids is 1. The summed E-state index contributed by atoms with van der Waals surface area (Å²) in [6, 6.07) is 13.0. The summed E-state index contributed by atoms with van der Waals surface area (Å²) in [5.41, 5.74) is 2.74. The summed E-state index contributed by atoms with van der Waals surface area (Å²) in [4.78, 5) is 16.5. The number of hydrogen-bond acceptors (Lipinski definition) is 4. The van der Waals surface area contributed by atoms with Crippen LogP contribution >= 0.6 is 0 Å². The van der Waals surface area contributed by atoms with E-state index >= 15 is 0 Å². The molecule has 0 aliphatic heterocycles. The smallest absolute Gasteiger partial charge is 0.258 e. The number of nitrogens with one attached hydrogen (secondary N) is 1. The number of ether oxygens (including phenoxy) is 2. The van der Waals surface area contributed by atoms with Gasteiger partial charge in [-0.1, -0.05) is 6.07 Å². The monoisotopic (exact) mass is 339 g/mol. The SMILES string of the molecule is CCOc1ccc(OCC(=O)NCc2c(C)nc3ccccn23)cc1. The minimum absolute atomic E-state index is 0.0379. The average molecular weight is 339 g/mol. The largest absolute Gasteiger partial charge is 0.494 e. The Balaban J connectivity index is 1.53. The van der Waals surface area contributed by atoms with Crippen LogP contribution in [0.5, 0.6) is 11.5 Å². The van der Waals surface area contributed by atoms with Crippen molar-refractivity contribution in [2.75, 3.05) is 13.2 Å². The van der Waals surface area contributed by atoms with Crippen LogP contribution in [-0.2, 0) is 11.3 Å². The van der Waals surface area contributed by atoms with E-state index in [1.165, 1.54) is 0 Å². The molecule has 0 saturated carbocycles. The maximum Gasteiger partial charge on any atom is 0.258 e. The van der Waals surface area contributed by atoms with E-state index in [1.54, 1.807) is 12.1 Å². The summed E-state index contributed by atoms with van der Waals surface area (Å²) in [6.07, 6.45) is 1.94. The standard InChI is InChI=1S/C19H21N3O3/c1-3-24-15-7-9-16(10-8-15)25-13-19(23)20-12-17-14(2)21-18-6-4-5-11-22(17)18/h4-11H,3,12-13H2,1-2H3,(H,20,23). The highest BCUT2D eigenvalue weighted by Crippen LogP contribution is 2.17. The van der Waals surface area contributed by atoms with Crippen LogP contribution in [0.25, 0.3) is 5.65 Å². The van der Waals surface area contributed by atoms with Crippen molar-refractivity contribution in [2.45, 2.75) is 20.4 Å². The summed E-state index contributed by atoms with van der Waals surface area (Å²) in [6.45, 7) is 4.85. The van der Waals surface area contributed by atoms with Gasteiger partial charge in [-0.2, -0.15) is 0 Å². The second-order valence-electron chi connectivity index (χ2n) is 5.54. The van der Waals surface area contributed by atoms with E-state index < -0.39 is 0 Å². The molecule has 0 fully saturated rings. The Bertz CT molecular complexity index is 856. The van der Waals surface area contributed by atoms with Crippen molar-refractivity contribution in [1.29, 1.82) is 0 Å². The van der Waals surface area contributed by atoms with E-state index in [1.807, 2.05) is 54.8 Å². The van der Waals surface area contributed by atoms with Crippen LogP contribution in [0.3, 0.4) is 0 Å². The molecule has 0 atom stereocenters. The molecule has 0 unspecified atom stereocenters. The van der Waals surface area contributed by atoms with Gasteiger partial charge >= 0.3 is 0 Å². The maximum atomic E-state index is 12.0. The van der Waals surface area contributed by atoms with E-state index in [9.17, 15) is 4.79 Å². The van der Waals surface area contributed by atoms with Crippen molar-refractivity contribution in [3.63, 3.8) is 0 Å². The summed E-state index contributed by atoms with van der Waals surface area (Å²) in [5, 5.41) is 2.87. The molecular weight excluding hydrogens is 318 g/mol. The Morgan fingerprint density at radius 1 is 1.12 bits per heavy atom. The molecule has 0 saturated heterocycles. The van der Waals surface area contributed by atoms with Crippen molar-refractivity contribution in [3.05, 3.63) is 60.0 Å². The fraction of sp³-hybridized carbons (Fsp3) is 0.263. The van der Waals surface area contributed by atoms with Gasteiger partial charge in [0.15, 0.2) is 6.61 Å². The zero-order chi connectivity index (χ0) is 17.6. The van der Waals surface area contributed by atoms with Gasteiger partial charge in [-0.05, 0) is 50.2 Å². The summed E-state index contributed by atoms with van der Waals surface area (Å²) in [5.74, 6) is 1.23. The zero-order valence-electron chi connectivity index (χ0n) is 14.4. The molecule has 25 heavy (non-hydrogen) atoms. The minimum atomic E-state index is -0.181. The molecule has 0 aliphatic carbocycles. The molecule has 3 rings (SSSR count). The number of fused-ring (bicyclic) bond motifs is 1. The zero-order valence-corrected chi connectivity index (χ0v) is 14.4. The highest BCUT2D eigenvalue weighted by molar-refractivity contribution is 5.77. The van der Waals surface area contributed by atoms with Crippen molar-refractivity contribution < 1.29 is 14.3 Å². The van der Waals surface area contributed by atoms with Crippen LogP contribution in [0.4, 0.5) is 0 Å². The number of amides is 1. The van der Waals surface area contributed by atoms with Gasteiger partial charge in [0.05, 0.1) is 24.5 Å². The minimum Gasteiger partial charge on any atom is -0.494 e. The fourth-order valence-corrected chi connectivity index (χ4v) is 2.56. The summed E-state index contributed by atoms with van der Waals surface area (Å²) >= 11 is 0. The molecular formula is C19H21N3O3. The molecule has 0 aliphatic rings. The van der Waals surface area contributed by atoms with Crippen LogP contribution in [0, 0.1) is 6.92 Å². The fourth-order valence-electron chi connectivity index (χ4n) is 2.56. The van der Waals surface area contributed by atoms with Gasteiger partial charge in [0, 0.05) is 6.20 Å². The molecule has 0 spiro atoms. The van der Waals surface area contributed by atoms with E-state index in [4.69, 9.17) is 9.47 Å². The molecule has 0 bridgehead atoms. The number of carbonyl (C=O) groups is 1. The Morgan fingerprint density at radius 3 is 2.56 bits per heavy atom. The molecule has 2 heterocycles. The lowest BCUT2D eigenvalue weighted by molar-refractivity contribution is -0.123. The molecule has 6 heteroatoms. The lowest BCUT2D eigenvalue weighted by Gasteiger charge is -2.09. The summed E-state index contributed by atoms with van der Waals surface area (Å²) in [7, 11) is 0. The first kappa shape index (κ1) is 16.8. The topological polar surface area (TPSA) is 64.9 Å². The second kappa shape index (κ2) is 7.70. The average Bonchev–Trinajstić information content (AvgIpc) is 2.95. The van der Waals surface area contributed by atoms with E-state index in [-0.39, 0.29) is 12.5 Å². The predicted octanol–water partition coefficient (Wildman–Crippen LogP) is 2.74. The lowest BCUT2D eigenvalue weighted by atomic mass is 10.3. The first-order valence-corrected chi connectivity index (χ1v) is 8.22. The van der Waals surface area contributed by atoms with Gasteiger partial charge in [-0.3, -0.25) is 4.79 Å². The number of nitrogens with zero attached hydrogens (tertiary/aromatic N) is 2. The quantitative estimate of drug-likeness (QED) is 0.719. The van der Waals surface area contributed by atoms with Crippen molar-refractivity contribution in [1.82, 2.24) is 14.7 Å². The normalized spacial score (nSPS) is 10.6. The van der Waals surface area contributed by atoms with Gasteiger partial charge in [0.25, 0.3) is 5.91 Å². The molecule has 1 N–H and O–H groups in total. The van der Waals surface area contributed by atoms with Gasteiger partial charge in [-0.15, -0.1) is 0 Å². The third-order valence-electron chi connectivity index (χ3n) is 3.79. The number of rotatable bonds is 7. The first-order valence-electron chi connectivity index (χ1n) is 8.22. The number of pyridine rings is 1.